The van der Waals surface area contributed by atoms with Crippen molar-refractivity contribution in [2.45, 2.75) is 64.3 Å². The lowest BCUT2D eigenvalue weighted by molar-refractivity contribution is -0.125. The third-order valence-electron chi connectivity index (χ3n) is 7.74. The molecule has 9 heteroatoms. The highest BCUT2D eigenvalue weighted by molar-refractivity contribution is 6.33. The predicted molar refractivity (Wildman–Crippen MR) is 141 cm³/mol. The number of benzene rings is 1. The molecule has 0 bridgehead atoms. The number of anilines is 1. The van der Waals surface area contributed by atoms with Gasteiger partial charge in [0.15, 0.2) is 11.6 Å². The summed E-state index contributed by atoms with van der Waals surface area (Å²) in [6.07, 6.45) is 6.93. The molecule has 2 atom stereocenters. The van der Waals surface area contributed by atoms with E-state index in [1.54, 1.807) is 6.07 Å². The first-order chi connectivity index (χ1) is 17.7. The molecule has 3 heterocycles. The van der Waals surface area contributed by atoms with E-state index >= 15 is 4.39 Å². The van der Waals surface area contributed by atoms with Crippen LogP contribution in [0, 0.1) is 17.7 Å². The molecule has 3 aromatic rings. The maximum absolute atomic E-state index is 15.2. The van der Waals surface area contributed by atoms with Crippen LogP contribution in [0.3, 0.4) is 0 Å². The van der Waals surface area contributed by atoms with E-state index in [1.807, 2.05) is 6.07 Å². The van der Waals surface area contributed by atoms with Crippen LogP contribution in [0.15, 0.2) is 24.4 Å². The Hall–Kier alpha value is -2.84. The summed E-state index contributed by atoms with van der Waals surface area (Å²) in [5, 5.41) is 3.29. The van der Waals surface area contributed by atoms with Gasteiger partial charge in [-0.3, -0.25) is 9.59 Å². The summed E-state index contributed by atoms with van der Waals surface area (Å²) in [6.45, 7) is 4.37. The molecule has 1 aliphatic carbocycles. The van der Waals surface area contributed by atoms with E-state index in [-0.39, 0.29) is 35.7 Å². The van der Waals surface area contributed by atoms with E-state index in [0.29, 0.717) is 40.3 Å². The van der Waals surface area contributed by atoms with Crippen molar-refractivity contribution in [3.63, 3.8) is 0 Å². The van der Waals surface area contributed by atoms with E-state index in [9.17, 15) is 9.59 Å². The molecule has 5 rings (SSSR count). The fourth-order valence-corrected chi connectivity index (χ4v) is 6.14. The fraction of sp³-hybridized carbons (Fsp3) is 0.500. The first kappa shape index (κ1) is 25.8. The molecule has 1 N–H and O–H groups in total. The van der Waals surface area contributed by atoms with Crippen molar-refractivity contribution < 1.29 is 18.7 Å². The van der Waals surface area contributed by atoms with Crippen molar-refractivity contribution in [3.05, 3.63) is 41.1 Å². The first-order valence-electron chi connectivity index (χ1n) is 12.8. The summed E-state index contributed by atoms with van der Waals surface area (Å²) < 4.78 is 22.2. The van der Waals surface area contributed by atoms with Gasteiger partial charge in [-0.25, -0.2) is 14.4 Å². The number of hydrogen-bond acceptors (Lipinski definition) is 5. The van der Waals surface area contributed by atoms with Crippen molar-refractivity contribution in [2.75, 3.05) is 19.0 Å². The van der Waals surface area contributed by atoms with E-state index < -0.39 is 5.82 Å². The second kappa shape index (κ2) is 10.1. The fourth-order valence-electron chi connectivity index (χ4n) is 5.92. The van der Waals surface area contributed by atoms with Crippen molar-refractivity contribution in [2.24, 2.45) is 11.8 Å². The number of ether oxygens (including phenoxy) is 1. The molecule has 2 aliphatic rings. The minimum Gasteiger partial charge on any atom is -0.377 e. The molecule has 1 fully saturated rings. The van der Waals surface area contributed by atoms with Crippen molar-refractivity contribution in [1.29, 1.82) is 0 Å². The summed E-state index contributed by atoms with van der Waals surface area (Å²) in [5.74, 6) is 0.772. The summed E-state index contributed by atoms with van der Waals surface area (Å²) >= 11 is 6.50. The number of nitrogens with one attached hydrogen (secondary N) is 1. The summed E-state index contributed by atoms with van der Waals surface area (Å²) in [7, 11) is 1.51. The van der Waals surface area contributed by atoms with Crippen LogP contribution in [0.2, 0.25) is 5.02 Å². The number of carbonyl (C=O) groups excluding carboxylic acids is 2. The van der Waals surface area contributed by atoms with E-state index in [0.717, 1.165) is 43.4 Å². The summed E-state index contributed by atoms with van der Waals surface area (Å²) in [5.41, 5.74) is 2.14. The summed E-state index contributed by atoms with van der Waals surface area (Å²) in [4.78, 5) is 33.9. The molecule has 1 saturated carbocycles. The molecule has 196 valence electrons. The number of amides is 1. The molecule has 1 aliphatic heterocycles. The zero-order chi connectivity index (χ0) is 26.3. The smallest absolute Gasteiger partial charge is 0.228 e. The SMILES string of the molecule is COCC(=O)C[C@@H]1CCC[C@H](C(=O)Nc2cc(-c3cc(F)c4nc5n(c4c3)C(C)(C)CC5)c(Cl)cn2)C1. The Bertz CT molecular complexity index is 1370. The Balaban J connectivity index is 1.38. The molecule has 0 spiro atoms. The lowest BCUT2D eigenvalue weighted by atomic mass is 9.79. The largest absolute Gasteiger partial charge is 0.377 e. The van der Waals surface area contributed by atoms with E-state index in [2.05, 4.69) is 33.7 Å². The lowest BCUT2D eigenvalue weighted by Crippen LogP contribution is -2.29. The first-order valence-corrected chi connectivity index (χ1v) is 13.2. The van der Waals surface area contributed by atoms with E-state index in [1.165, 1.54) is 19.4 Å². The number of imidazole rings is 1. The van der Waals surface area contributed by atoms with Crippen LogP contribution in [0.25, 0.3) is 22.2 Å². The molecule has 1 amide bonds. The average molecular weight is 527 g/mol. The van der Waals surface area contributed by atoms with Crippen LogP contribution in [-0.4, -0.2) is 39.9 Å². The number of aromatic nitrogens is 3. The number of carbonyl (C=O) groups is 2. The second-order valence-corrected chi connectivity index (χ2v) is 11.4. The number of nitrogens with zero attached hydrogens (tertiary/aromatic N) is 3. The Morgan fingerprint density at radius 3 is 2.86 bits per heavy atom. The molecule has 2 aromatic heterocycles. The van der Waals surface area contributed by atoms with Crippen molar-refractivity contribution in [3.8, 4) is 11.1 Å². The normalized spacial score (nSPS) is 20.7. The topological polar surface area (TPSA) is 86.1 Å². The van der Waals surface area contributed by atoms with Crippen LogP contribution in [-0.2, 0) is 26.3 Å². The Labute approximate surface area is 220 Å². The van der Waals surface area contributed by atoms with Crippen LogP contribution in [0.4, 0.5) is 10.2 Å². The van der Waals surface area contributed by atoms with Crippen molar-refractivity contribution in [1.82, 2.24) is 14.5 Å². The molecule has 0 radical (unpaired) electrons. The molecular weight excluding hydrogens is 495 g/mol. The maximum Gasteiger partial charge on any atom is 0.228 e. The highest BCUT2D eigenvalue weighted by Crippen LogP contribution is 2.39. The number of pyridine rings is 1. The minimum atomic E-state index is -0.403. The van der Waals surface area contributed by atoms with Crippen molar-refractivity contribution >= 4 is 40.1 Å². The number of aryl methyl sites for hydroxylation is 1. The van der Waals surface area contributed by atoms with Gasteiger partial charge in [0.05, 0.1) is 10.5 Å². The average Bonchev–Trinajstić information content (AvgIpc) is 3.38. The molecule has 0 unspecified atom stereocenters. The van der Waals surface area contributed by atoms with E-state index in [4.69, 9.17) is 16.3 Å². The number of ketones is 1. The van der Waals surface area contributed by atoms with Crippen LogP contribution >= 0.6 is 11.6 Å². The standard InChI is InChI=1S/C28H32ClFN4O3/c1-28(2)8-7-25-33-26-22(30)11-18(12-23(26)34(25)28)20-13-24(31-14-21(20)29)32-27(36)17-6-4-5-16(9-17)10-19(35)15-37-3/h11-14,16-17H,4-10,15H2,1-3H3,(H,31,32,36)/t16-,17+/m1/s1. The van der Waals surface area contributed by atoms with Gasteiger partial charge in [0.1, 0.15) is 23.8 Å². The molecular formula is C28H32ClFN4O3. The van der Waals surface area contributed by atoms with Gasteiger partial charge in [-0.05, 0) is 69.2 Å². The molecule has 0 saturated heterocycles. The van der Waals surface area contributed by atoms with Gasteiger partial charge in [-0.1, -0.05) is 18.0 Å². The van der Waals surface area contributed by atoms with Crippen LogP contribution in [0.1, 0.15) is 58.2 Å². The highest BCUT2D eigenvalue weighted by atomic mass is 35.5. The quantitative estimate of drug-likeness (QED) is 0.413. The lowest BCUT2D eigenvalue weighted by Gasteiger charge is -2.28. The van der Waals surface area contributed by atoms with Gasteiger partial charge in [0.2, 0.25) is 5.91 Å². The number of halogens is 2. The second-order valence-electron chi connectivity index (χ2n) is 10.9. The third-order valence-corrected chi connectivity index (χ3v) is 8.04. The Morgan fingerprint density at radius 1 is 1.27 bits per heavy atom. The van der Waals surface area contributed by atoms with Gasteiger partial charge < -0.3 is 14.6 Å². The van der Waals surface area contributed by atoms with Gasteiger partial charge in [0, 0.05) is 43.2 Å². The van der Waals surface area contributed by atoms with Gasteiger partial charge >= 0.3 is 0 Å². The molecule has 7 nitrogen and oxygen atoms in total. The Kier molecular flexibility index (Phi) is 7.07. The number of Topliss-reactive ketones (excluding diaryl/α,β-unsaturated/α-hetero) is 1. The monoisotopic (exact) mass is 526 g/mol. The molecule has 1 aromatic carbocycles. The number of rotatable bonds is 7. The van der Waals surface area contributed by atoms with Gasteiger partial charge in [-0.15, -0.1) is 0 Å². The number of methoxy groups -OCH3 is 1. The number of fused-ring (bicyclic) bond motifs is 3. The van der Waals surface area contributed by atoms with Gasteiger partial charge in [-0.2, -0.15) is 0 Å². The Morgan fingerprint density at radius 2 is 2.08 bits per heavy atom. The van der Waals surface area contributed by atoms with Gasteiger partial charge in [0.25, 0.3) is 0 Å². The molecule has 37 heavy (non-hydrogen) atoms. The minimum absolute atomic E-state index is 0.0639. The van der Waals surface area contributed by atoms with Crippen LogP contribution in [0.5, 0.6) is 0 Å². The third kappa shape index (κ3) is 5.14. The zero-order valence-corrected chi connectivity index (χ0v) is 22.2. The summed E-state index contributed by atoms with van der Waals surface area (Å²) in [6, 6.07) is 5.04. The maximum atomic E-state index is 15.2. The zero-order valence-electron chi connectivity index (χ0n) is 21.4. The highest BCUT2D eigenvalue weighted by Gasteiger charge is 2.33. The predicted octanol–water partition coefficient (Wildman–Crippen LogP) is 5.92. The van der Waals surface area contributed by atoms with Crippen LogP contribution < -0.4 is 5.32 Å². The number of hydrogen-bond donors (Lipinski definition) is 1.